The third-order valence-corrected chi connectivity index (χ3v) is 6.54. The van der Waals surface area contributed by atoms with Gasteiger partial charge >= 0.3 is 0 Å². The molecule has 0 bridgehead atoms. The van der Waals surface area contributed by atoms with Crippen LogP contribution in [0.15, 0.2) is 58.6 Å². The minimum atomic E-state index is -0.351. The second kappa shape index (κ2) is 9.84. The average molecular weight is 484 g/mol. The summed E-state index contributed by atoms with van der Waals surface area (Å²) in [5, 5.41) is 1.01. The molecular weight excluding hydrogens is 454 g/mol. The van der Waals surface area contributed by atoms with Crippen LogP contribution in [0.5, 0.6) is 0 Å². The van der Waals surface area contributed by atoms with Crippen molar-refractivity contribution in [3.8, 4) is 11.8 Å². The van der Waals surface area contributed by atoms with Crippen molar-refractivity contribution >= 4 is 27.9 Å². The highest BCUT2D eigenvalue weighted by molar-refractivity contribution is 5.79. The molecule has 0 saturated carbocycles. The molecule has 0 unspecified atom stereocenters. The van der Waals surface area contributed by atoms with Crippen LogP contribution in [0.3, 0.4) is 0 Å². The van der Waals surface area contributed by atoms with Crippen molar-refractivity contribution in [3.63, 3.8) is 0 Å². The maximum Gasteiger partial charge on any atom is 0.293 e. The topological polar surface area (TPSA) is 104 Å². The van der Waals surface area contributed by atoms with Crippen LogP contribution in [0.4, 0.5) is 5.95 Å². The van der Waals surface area contributed by atoms with E-state index in [-0.39, 0.29) is 47.8 Å². The number of fused-ring (bicyclic) bond motifs is 2. The Labute approximate surface area is 208 Å². The van der Waals surface area contributed by atoms with Gasteiger partial charge in [0.05, 0.1) is 30.8 Å². The monoisotopic (exact) mass is 483 g/mol. The van der Waals surface area contributed by atoms with Crippen LogP contribution in [-0.4, -0.2) is 43.0 Å². The van der Waals surface area contributed by atoms with Gasteiger partial charge in [-0.25, -0.2) is 14.3 Å². The number of anilines is 1. The number of allylic oxidation sites excluding steroid dienone is 1. The van der Waals surface area contributed by atoms with Gasteiger partial charge in [0.1, 0.15) is 5.52 Å². The SMILES string of the molecule is C=CCn1c(=O)c2nc(N3CCC[C@@H](N)C3)n(CC#CC)c2c(=O)n1Cc1ccc2ccccc2n1. The van der Waals surface area contributed by atoms with Crippen molar-refractivity contribution in [3.05, 3.63) is 75.5 Å². The highest BCUT2D eigenvalue weighted by Gasteiger charge is 2.26. The number of hydrogen-bond donors (Lipinski definition) is 1. The number of aromatic nitrogens is 5. The van der Waals surface area contributed by atoms with Crippen LogP contribution in [0.25, 0.3) is 21.9 Å². The van der Waals surface area contributed by atoms with Crippen molar-refractivity contribution in [1.29, 1.82) is 0 Å². The molecule has 1 aliphatic rings. The lowest BCUT2D eigenvalue weighted by Gasteiger charge is -2.31. The standard InChI is InChI=1S/C27H29N7O2/c1-3-5-16-32-24-23(30-27(32)31-15-8-10-20(28)17-31)25(35)33(14-4-2)34(26(24)36)18-21-13-12-19-9-6-7-11-22(19)29-21/h4,6-7,9,11-13,20H,2,8,10,14-18,28H2,1H3/t20-/m1/s1. The zero-order chi connectivity index (χ0) is 25.2. The fourth-order valence-electron chi connectivity index (χ4n) is 4.82. The van der Waals surface area contributed by atoms with Crippen molar-refractivity contribution < 1.29 is 0 Å². The number of imidazole rings is 1. The first-order valence-corrected chi connectivity index (χ1v) is 12.1. The summed E-state index contributed by atoms with van der Waals surface area (Å²) in [5.74, 6) is 6.49. The number of rotatable bonds is 6. The summed E-state index contributed by atoms with van der Waals surface area (Å²) in [4.78, 5) is 39.1. The Morgan fingerprint density at radius 2 is 1.97 bits per heavy atom. The molecular formula is C27H29N7O2. The zero-order valence-electron chi connectivity index (χ0n) is 20.4. The number of nitrogens with two attached hydrogens (primary N) is 1. The Hall–Kier alpha value is -4.16. The summed E-state index contributed by atoms with van der Waals surface area (Å²) in [7, 11) is 0. The molecule has 0 radical (unpaired) electrons. The highest BCUT2D eigenvalue weighted by atomic mass is 16.2. The van der Waals surface area contributed by atoms with E-state index in [1.807, 2.05) is 36.4 Å². The smallest absolute Gasteiger partial charge is 0.293 e. The first kappa shape index (κ1) is 23.6. The van der Waals surface area contributed by atoms with E-state index in [0.29, 0.717) is 18.2 Å². The molecule has 36 heavy (non-hydrogen) atoms. The second-order valence-electron chi connectivity index (χ2n) is 9.00. The molecule has 1 aromatic carbocycles. The van der Waals surface area contributed by atoms with Gasteiger partial charge in [-0.2, -0.15) is 0 Å². The van der Waals surface area contributed by atoms with Crippen LogP contribution in [0.2, 0.25) is 0 Å². The summed E-state index contributed by atoms with van der Waals surface area (Å²) >= 11 is 0. The van der Waals surface area contributed by atoms with Crippen molar-refractivity contribution in [2.24, 2.45) is 5.73 Å². The summed E-state index contributed by atoms with van der Waals surface area (Å²) in [6.07, 6.45) is 3.45. The number of piperidine rings is 1. The molecule has 1 saturated heterocycles. The van der Waals surface area contributed by atoms with Gasteiger partial charge in [0.25, 0.3) is 11.1 Å². The minimum Gasteiger partial charge on any atom is -0.341 e. The summed E-state index contributed by atoms with van der Waals surface area (Å²) < 4.78 is 4.59. The molecule has 2 N–H and O–H groups in total. The molecule has 1 fully saturated rings. The summed E-state index contributed by atoms with van der Waals surface area (Å²) in [6, 6.07) is 11.6. The van der Waals surface area contributed by atoms with Gasteiger partial charge in [-0.15, -0.1) is 12.5 Å². The van der Waals surface area contributed by atoms with Gasteiger partial charge in [-0.05, 0) is 31.9 Å². The van der Waals surface area contributed by atoms with Crippen LogP contribution in [0, 0.1) is 11.8 Å². The number of para-hydroxylation sites is 1. The van der Waals surface area contributed by atoms with Gasteiger partial charge < -0.3 is 10.6 Å². The molecule has 0 aliphatic carbocycles. The van der Waals surface area contributed by atoms with E-state index in [0.717, 1.165) is 30.3 Å². The number of pyridine rings is 1. The molecule has 1 atom stereocenters. The Morgan fingerprint density at radius 3 is 2.75 bits per heavy atom. The minimum absolute atomic E-state index is 0.0114. The van der Waals surface area contributed by atoms with E-state index >= 15 is 0 Å². The fourth-order valence-corrected chi connectivity index (χ4v) is 4.82. The van der Waals surface area contributed by atoms with E-state index in [9.17, 15) is 9.59 Å². The molecule has 9 nitrogen and oxygen atoms in total. The fraction of sp³-hybridized carbons (Fsp3) is 0.333. The van der Waals surface area contributed by atoms with Gasteiger partial charge in [0.15, 0.2) is 5.52 Å². The normalized spacial score (nSPS) is 15.7. The highest BCUT2D eigenvalue weighted by Crippen LogP contribution is 2.22. The van der Waals surface area contributed by atoms with Crippen LogP contribution < -0.4 is 21.8 Å². The number of hydrogen-bond acceptors (Lipinski definition) is 6. The van der Waals surface area contributed by atoms with Gasteiger partial charge in [-0.1, -0.05) is 36.3 Å². The van der Waals surface area contributed by atoms with Gasteiger partial charge in [0, 0.05) is 24.5 Å². The van der Waals surface area contributed by atoms with Crippen LogP contribution in [0.1, 0.15) is 25.5 Å². The maximum absolute atomic E-state index is 14.0. The van der Waals surface area contributed by atoms with Crippen LogP contribution in [-0.2, 0) is 19.6 Å². The summed E-state index contributed by atoms with van der Waals surface area (Å²) in [5.41, 5.74) is 7.44. The van der Waals surface area contributed by atoms with Gasteiger partial charge in [0.2, 0.25) is 5.95 Å². The lowest BCUT2D eigenvalue weighted by atomic mass is 10.1. The van der Waals surface area contributed by atoms with Crippen molar-refractivity contribution in [2.75, 3.05) is 18.0 Å². The first-order valence-electron chi connectivity index (χ1n) is 12.1. The van der Waals surface area contributed by atoms with E-state index in [1.54, 1.807) is 17.6 Å². The molecule has 184 valence electrons. The molecule has 0 amide bonds. The molecule has 1 aliphatic heterocycles. The molecule has 5 rings (SSSR count). The zero-order valence-corrected chi connectivity index (χ0v) is 20.4. The first-order chi connectivity index (χ1) is 17.5. The maximum atomic E-state index is 14.0. The van der Waals surface area contributed by atoms with Crippen molar-refractivity contribution in [1.82, 2.24) is 23.9 Å². The Bertz CT molecular complexity index is 1630. The van der Waals surface area contributed by atoms with E-state index in [4.69, 9.17) is 10.7 Å². The van der Waals surface area contributed by atoms with E-state index < -0.39 is 0 Å². The number of nitrogens with zero attached hydrogens (tertiary/aromatic N) is 6. The number of benzene rings is 1. The molecule has 3 aromatic heterocycles. The summed E-state index contributed by atoms with van der Waals surface area (Å²) in [6.45, 7) is 7.46. The molecule has 4 aromatic rings. The predicted molar refractivity (Wildman–Crippen MR) is 142 cm³/mol. The van der Waals surface area contributed by atoms with Crippen LogP contribution >= 0.6 is 0 Å². The quantitative estimate of drug-likeness (QED) is 0.333. The Morgan fingerprint density at radius 1 is 1.14 bits per heavy atom. The third-order valence-electron chi connectivity index (χ3n) is 6.54. The lowest BCUT2D eigenvalue weighted by Crippen LogP contribution is -2.44. The van der Waals surface area contributed by atoms with Crippen molar-refractivity contribution in [2.45, 2.75) is 45.4 Å². The largest absolute Gasteiger partial charge is 0.341 e. The molecule has 4 heterocycles. The third kappa shape index (κ3) is 4.20. The molecule has 0 spiro atoms. The lowest BCUT2D eigenvalue weighted by molar-refractivity contribution is 0.472. The average Bonchev–Trinajstić information content (AvgIpc) is 3.28. The van der Waals surface area contributed by atoms with E-state index in [1.165, 1.54) is 9.36 Å². The van der Waals surface area contributed by atoms with E-state index in [2.05, 4.69) is 28.3 Å². The molecule has 9 heteroatoms. The Balaban J connectivity index is 1.72. The van der Waals surface area contributed by atoms with Gasteiger partial charge in [-0.3, -0.25) is 19.1 Å². The second-order valence-corrected chi connectivity index (χ2v) is 9.00. The Kier molecular flexibility index (Phi) is 6.44. The predicted octanol–water partition coefficient (Wildman–Crippen LogP) is 2.09.